The van der Waals surface area contributed by atoms with Crippen LogP contribution in [0.15, 0.2) is 150 Å². The highest BCUT2D eigenvalue weighted by molar-refractivity contribution is 7.97. The van der Waals surface area contributed by atoms with Crippen molar-refractivity contribution in [1.29, 1.82) is 0 Å². The molecule has 7 aromatic carbocycles. The Labute approximate surface area is 445 Å². The summed E-state index contributed by atoms with van der Waals surface area (Å²) >= 11 is 0. The minimum atomic E-state index is -6.13. The monoisotopic (exact) mass is 1200 g/mol. The molecule has 0 fully saturated rings. The van der Waals surface area contributed by atoms with Gasteiger partial charge in [0.05, 0.1) is 44.5 Å². The fraction of sp³-hybridized carbons (Fsp3) is 0.241. The van der Waals surface area contributed by atoms with E-state index in [-0.39, 0.29) is 16.7 Å². The van der Waals surface area contributed by atoms with Crippen molar-refractivity contribution < 1.29 is 110 Å². The molecule has 0 aromatic heterocycles. The predicted octanol–water partition coefficient (Wildman–Crippen LogP) is 16.7. The van der Waals surface area contributed by atoms with Crippen LogP contribution in [0.1, 0.15) is 74.6 Å². The number of unbranched alkanes of at least 4 members (excludes halogenated alkanes) is 1. The summed E-state index contributed by atoms with van der Waals surface area (Å²) in [5.41, 5.74) is -29.4. The zero-order valence-electron chi connectivity index (χ0n) is 40.6. The molecule has 0 radical (unpaired) electrons. The second kappa shape index (κ2) is 22.9. The Morgan fingerprint density at radius 2 is 0.642 bits per heavy atom. The summed E-state index contributed by atoms with van der Waals surface area (Å²) < 4.78 is 341. The van der Waals surface area contributed by atoms with E-state index in [1.165, 1.54) is 15.7 Å². The normalized spacial score (nSPS) is 13.7. The van der Waals surface area contributed by atoms with Gasteiger partial charge in [-0.3, -0.25) is 4.79 Å². The van der Waals surface area contributed by atoms with Gasteiger partial charge in [-0.2, -0.15) is 127 Å². The molecule has 7 aromatic rings. The molecule has 1 atom stereocenters. The molecular formula is C54H35BF24OS. The second-order valence-electron chi connectivity index (χ2n) is 18.2. The van der Waals surface area contributed by atoms with Crippen LogP contribution in [0.4, 0.5) is 105 Å². The third-order valence-corrected chi connectivity index (χ3v) is 15.0. The molecule has 0 aliphatic rings. The number of carbonyl (C=O) groups excluding carboxylic acids is 1. The molecule has 0 spiro atoms. The maximum absolute atomic E-state index is 14.2. The first-order valence-electron chi connectivity index (χ1n) is 23.1. The van der Waals surface area contributed by atoms with Gasteiger partial charge in [0.2, 0.25) is 5.78 Å². The molecule has 7 rings (SSSR count). The van der Waals surface area contributed by atoms with E-state index in [9.17, 15) is 110 Å². The Bertz CT molecular complexity index is 2930. The predicted molar refractivity (Wildman–Crippen MR) is 255 cm³/mol. The molecule has 27 heteroatoms. The van der Waals surface area contributed by atoms with E-state index in [2.05, 4.69) is 49.4 Å². The Hall–Kier alpha value is -6.80. The van der Waals surface area contributed by atoms with Gasteiger partial charge in [0, 0.05) is 22.5 Å². The number of alkyl halides is 24. The van der Waals surface area contributed by atoms with Crippen molar-refractivity contribution >= 4 is 55.4 Å². The molecule has 0 saturated carbocycles. The van der Waals surface area contributed by atoms with Crippen LogP contribution in [0, 0.1) is 0 Å². The minimum absolute atomic E-state index is 0.0239. The number of Topliss-reactive ketones (excluding diaryl/α,β-unsaturated/α-hetero) is 1. The van der Waals surface area contributed by atoms with Gasteiger partial charge < -0.3 is 0 Å². The molecule has 0 heterocycles. The smallest absolute Gasteiger partial charge is 0.289 e. The lowest BCUT2D eigenvalue weighted by Gasteiger charge is -2.46. The number of ketones is 1. The van der Waals surface area contributed by atoms with Crippen molar-refractivity contribution in [2.24, 2.45) is 0 Å². The van der Waals surface area contributed by atoms with Crippen molar-refractivity contribution in [2.75, 3.05) is 11.5 Å². The van der Waals surface area contributed by atoms with Crippen LogP contribution < -0.4 is 21.9 Å². The van der Waals surface area contributed by atoms with E-state index >= 15 is 0 Å². The summed E-state index contributed by atoms with van der Waals surface area (Å²) in [7, 11) is -0.0239. The van der Waals surface area contributed by atoms with Crippen molar-refractivity contribution in [2.45, 2.75) is 74.1 Å². The second-order valence-corrected chi connectivity index (χ2v) is 20.4. The summed E-state index contributed by atoms with van der Waals surface area (Å²) in [6.45, 7) is 2.21. The SMILES string of the molecule is CCCC[S+](CC(=O)c1ccccc1)c1ccc2ccccc2c1.FC(F)(F)c1cc([B-](c2cc(C(F)(F)F)cc(C(F)(F)F)c2)(c2cc(C(F)(F)F)cc(C(F)(F)F)c2)c2cc(C(F)(F)F)cc(C(F)(F)F)c2)cc(C(F)(F)F)c1. The fourth-order valence-corrected chi connectivity index (χ4v) is 11.1. The first-order chi connectivity index (χ1) is 37.0. The summed E-state index contributed by atoms with van der Waals surface area (Å²) in [5, 5.41) is 2.52. The van der Waals surface area contributed by atoms with Crippen molar-refractivity contribution in [3.63, 3.8) is 0 Å². The average Bonchev–Trinajstić information content (AvgIpc) is 3.07. The van der Waals surface area contributed by atoms with Gasteiger partial charge in [0.1, 0.15) is 11.9 Å². The number of carbonyl (C=O) groups is 1. The molecule has 0 aliphatic heterocycles. The first-order valence-corrected chi connectivity index (χ1v) is 24.7. The Morgan fingerprint density at radius 1 is 0.358 bits per heavy atom. The molecule has 0 aliphatic carbocycles. The third-order valence-electron chi connectivity index (χ3n) is 12.6. The zero-order valence-corrected chi connectivity index (χ0v) is 41.5. The van der Waals surface area contributed by atoms with Crippen LogP contribution in [0.3, 0.4) is 0 Å². The van der Waals surface area contributed by atoms with Gasteiger partial charge in [0.25, 0.3) is 0 Å². The molecule has 1 nitrogen and oxygen atoms in total. The number of hydrogen-bond acceptors (Lipinski definition) is 1. The van der Waals surface area contributed by atoms with E-state index in [4.69, 9.17) is 0 Å². The van der Waals surface area contributed by atoms with Gasteiger partial charge >= 0.3 is 49.4 Å². The maximum Gasteiger partial charge on any atom is 0.416 e. The number of halogens is 24. The van der Waals surface area contributed by atoms with E-state index in [0.717, 1.165) is 24.2 Å². The third kappa shape index (κ3) is 15.0. The number of hydrogen-bond donors (Lipinski definition) is 0. The largest absolute Gasteiger partial charge is 0.416 e. The van der Waals surface area contributed by atoms with Gasteiger partial charge in [0.15, 0.2) is 10.6 Å². The van der Waals surface area contributed by atoms with E-state index in [1.54, 1.807) is 0 Å². The highest BCUT2D eigenvalue weighted by Crippen LogP contribution is 2.42. The Kier molecular flexibility index (Phi) is 17.9. The van der Waals surface area contributed by atoms with Crippen molar-refractivity contribution in [3.8, 4) is 0 Å². The lowest BCUT2D eigenvalue weighted by atomic mass is 9.12. The molecular weight excluding hydrogens is 1160 g/mol. The quantitative estimate of drug-likeness (QED) is 0.0546. The van der Waals surface area contributed by atoms with E-state index in [1.807, 2.05) is 30.3 Å². The van der Waals surface area contributed by atoms with Crippen LogP contribution >= 0.6 is 0 Å². The molecule has 434 valence electrons. The van der Waals surface area contributed by atoms with E-state index < -0.39 is 195 Å². The molecule has 0 amide bonds. The Morgan fingerprint density at radius 3 is 0.926 bits per heavy atom. The number of fused-ring (bicyclic) bond motifs is 1. The Balaban J connectivity index is 0.000000363. The zero-order chi connectivity index (χ0) is 60.7. The summed E-state index contributed by atoms with van der Waals surface area (Å²) in [6, 6.07) is 16.0. The lowest BCUT2D eigenvalue weighted by Crippen LogP contribution is -2.75. The maximum atomic E-state index is 14.2. The van der Waals surface area contributed by atoms with Crippen LogP contribution in [0.2, 0.25) is 0 Å². The van der Waals surface area contributed by atoms with Crippen LogP contribution in [-0.4, -0.2) is 23.4 Å². The van der Waals surface area contributed by atoms with Gasteiger partial charge in [-0.05, 0) is 53.6 Å². The highest BCUT2D eigenvalue weighted by atomic mass is 32.2. The fourth-order valence-electron chi connectivity index (χ4n) is 8.88. The van der Waals surface area contributed by atoms with Gasteiger partial charge in [-0.15, -0.1) is 0 Å². The summed E-state index contributed by atoms with van der Waals surface area (Å²) in [6.07, 6.45) is -52.5. The van der Waals surface area contributed by atoms with Gasteiger partial charge in [-0.25, -0.2) is 0 Å². The molecule has 0 saturated heterocycles. The molecule has 0 N–H and O–H groups in total. The number of rotatable bonds is 11. The van der Waals surface area contributed by atoms with E-state index in [0.29, 0.717) is 5.75 Å². The van der Waals surface area contributed by atoms with Crippen LogP contribution in [-0.2, 0) is 60.3 Å². The van der Waals surface area contributed by atoms with Gasteiger partial charge in [-0.1, -0.05) is 116 Å². The minimum Gasteiger partial charge on any atom is -0.289 e. The standard InChI is InChI=1S/C32H12BF24.C22H23OS/c34-25(35,36)13-1-14(26(37,38)39)6-21(5-13)33(22-7-15(27(40,41)42)2-16(8-22)28(43,44)45,23-9-17(29(46,47)48)3-18(10-23)30(49,50)51)24-11-19(31(52,53)54)4-20(12-24)32(55,56)57;1-2-3-15-24(17-22(23)19-10-5-4-6-11-19)21-14-13-18-9-7-8-12-20(18)16-21/h1-12H;4-14,16H,2-3,15,17H2,1H3/q-1;+1. The summed E-state index contributed by atoms with van der Waals surface area (Å²) in [5.74, 6) is 1.96. The van der Waals surface area contributed by atoms with Crippen molar-refractivity contribution in [1.82, 2.24) is 0 Å². The highest BCUT2D eigenvalue weighted by Gasteiger charge is 2.47. The van der Waals surface area contributed by atoms with Crippen LogP contribution in [0.25, 0.3) is 10.8 Å². The molecule has 0 bridgehead atoms. The first kappa shape index (κ1) is 63.4. The topological polar surface area (TPSA) is 17.1 Å². The average molecular weight is 1200 g/mol. The molecule has 1 unspecified atom stereocenters. The lowest BCUT2D eigenvalue weighted by molar-refractivity contribution is -0.144. The number of benzene rings is 7. The van der Waals surface area contributed by atoms with Crippen LogP contribution in [0.5, 0.6) is 0 Å². The summed E-state index contributed by atoms with van der Waals surface area (Å²) in [4.78, 5) is 14.0. The van der Waals surface area contributed by atoms with Crippen molar-refractivity contribution in [3.05, 3.63) is 196 Å². The molecule has 81 heavy (non-hydrogen) atoms.